The minimum atomic E-state index is 0.190. The van der Waals surface area contributed by atoms with Gasteiger partial charge >= 0.3 is 0 Å². The predicted octanol–water partition coefficient (Wildman–Crippen LogP) is 4.67. The first-order valence-corrected chi connectivity index (χ1v) is 8.38. The highest BCUT2D eigenvalue weighted by Crippen LogP contribution is 2.25. The molecule has 0 saturated heterocycles. The van der Waals surface area contributed by atoms with E-state index in [9.17, 15) is 0 Å². The van der Waals surface area contributed by atoms with E-state index in [2.05, 4.69) is 20.3 Å². The average molecular weight is 367 g/mol. The second-order valence-electron chi connectivity index (χ2n) is 5.76. The van der Waals surface area contributed by atoms with Gasteiger partial charge in [0.15, 0.2) is 6.61 Å². The van der Waals surface area contributed by atoms with Crippen LogP contribution in [0.15, 0.2) is 59.3 Å². The molecular formula is C19H15ClN4O2. The summed E-state index contributed by atoms with van der Waals surface area (Å²) in [5, 5.41) is 11.6. The summed E-state index contributed by atoms with van der Waals surface area (Å²) in [5.41, 5.74) is 3.73. The lowest BCUT2D eigenvalue weighted by molar-refractivity contribution is 0.242. The molecule has 2 heterocycles. The molecule has 7 heteroatoms. The summed E-state index contributed by atoms with van der Waals surface area (Å²) < 4.78 is 11.0. The number of ether oxygens (including phenoxy) is 1. The molecule has 0 aliphatic heterocycles. The van der Waals surface area contributed by atoms with Crippen molar-refractivity contribution in [3.8, 4) is 28.4 Å². The first kappa shape index (κ1) is 16.4. The van der Waals surface area contributed by atoms with Crippen LogP contribution in [0.2, 0.25) is 5.02 Å². The molecule has 4 rings (SSSR count). The van der Waals surface area contributed by atoms with Gasteiger partial charge in [0.05, 0.1) is 5.69 Å². The van der Waals surface area contributed by atoms with Crippen molar-refractivity contribution >= 4 is 11.6 Å². The van der Waals surface area contributed by atoms with Gasteiger partial charge < -0.3 is 9.26 Å². The molecule has 0 saturated carbocycles. The summed E-state index contributed by atoms with van der Waals surface area (Å²) in [4.78, 5) is 4.41. The first-order chi connectivity index (χ1) is 12.7. The maximum atomic E-state index is 5.95. The third-order valence-corrected chi connectivity index (χ3v) is 4.12. The Labute approximate surface area is 154 Å². The highest BCUT2D eigenvalue weighted by molar-refractivity contribution is 6.30. The van der Waals surface area contributed by atoms with E-state index in [0.717, 1.165) is 28.1 Å². The summed E-state index contributed by atoms with van der Waals surface area (Å²) in [6.07, 6.45) is 1.71. The zero-order chi connectivity index (χ0) is 17.9. The van der Waals surface area contributed by atoms with Crippen LogP contribution in [0.3, 0.4) is 0 Å². The van der Waals surface area contributed by atoms with Crippen LogP contribution >= 0.6 is 11.6 Å². The van der Waals surface area contributed by atoms with Gasteiger partial charge in [0, 0.05) is 22.3 Å². The number of hydrogen-bond acceptors (Lipinski definition) is 5. The van der Waals surface area contributed by atoms with Gasteiger partial charge in [-0.05, 0) is 42.8 Å². The zero-order valence-corrected chi connectivity index (χ0v) is 14.7. The average Bonchev–Trinajstić information content (AvgIpc) is 3.33. The number of halogens is 1. The standard InChI is InChI=1S/C19H15ClN4O2/c1-12-9-15(20)5-6-17(12)25-11-18-22-19(24-26-18)14-4-2-3-13(10-14)16-7-8-21-23-16/h2-10H,11H2,1H3,(H,21,23). The molecule has 1 N–H and O–H groups in total. The fraction of sp³-hybridized carbons (Fsp3) is 0.105. The van der Waals surface area contributed by atoms with Gasteiger partial charge in [0.1, 0.15) is 5.75 Å². The number of aromatic amines is 1. The third-order valence-electron chi connectivity index (χ3n) is 3.89. The summed E-state index contributed by atoms with van der Waals surface area (Å²) in [5.74, 6) is 1.65. The highest BCUT2D eigenvalue weighted by Gasteiger charge is 2.11. The summed E-state index contributed by atoms with van der Waals surface area (Å²) in [7, 11) is 0. The fourth-order valence-corrected chi connectivity index (χ4v) is 2.81. The molecule has 0 spiro atoms. The Kier molecular flexibility index (Phi) is 4.41. The monoisotopic (exact) mass is 366 g/mol. The number of nitrogens with one attached hydrogen (secondary N) is 1. The minimum Gasteiger partial charge on any atom is -0.483 e. The van der Waals surface area contributed by atoms with Gasteiger partial charge in [0.25, 0.3) is 5.89 Å². The van der Waals surface area contributed by atoms with Gasteiger partial charge in [-0.15, -0.1) is 0 Å². The Morgan fingerprint density at radius 1 is 1.12 bits per heavy atom. The van der Waals surface area contributed by atoms with Gasteiger partial charge in [-0.2, -0.15) is 10.1 Å². The molecule has 2 aromatic carbocycles. The van der Waals surface area contributed by atoms with Crippen LogP contribution in [0.5, 0.6) is 5.75 Å². The fourth-order valence-electron chi connectivity index (χ4n) is 2.59. The molecule has 6 nitrogen and oxygen atoms in total. The number of nitrogens with zero attached hydrogens (tertiary/aromatic N) is 3. The summed E-state index contributed by atoms with van der Waals surface area (Å²) in [6.45, 7) is 2.12. The molecule has 4 aromatic rings. The van der Waals surface area contributed by atoms with Crippen molar-refractivity contribution in [3.05, 3.63) is 71.2 Å². The lowest BCUT2D eigenvalue weighted by atomic mass is 10.1. The molecule has 26 heavy (non-hydrogen) atoms. The number of hydrogen-bond donors (Lipinski definition) is 1. The van der Waals surface area contributed by atoms with Gasteiger partial charge in [-0.3, -0.25) is 5.10 Å². The normalized spacial score (nSPS) is 10.8. The number of rotatable bonds is 5. The molecule has 0 amide bonds. The molecular weight excluding hydrogens is 352 g/mol. The van der Waals surface area contributed by atoms with Gasteiger partial charge in [-0.25, -0.2) is 0 Å². The van der Waals surface area contributed by atoms with Crippen molar-refractivity contribution in [3.63, 3.8) is 0 Å². The molecule has 0 aliphatic rings. The lowest BCUT2D eigenvalue weighted by Gasteiger charge is -2.06. The van der Waals surface area contributed by atoms with E-state index in [1.807, 2.05) is 49.4 Å². The maximum Gasteiger partial charge on any atom is 0.264 e. The Balaban J connectivity index is 1.50. The topological polar surface area (TPSA) is 76.8 Å². The van der Waals surface area contributed by atoms with Crippen molar-refractivity contribution in [2.45, 2.75) is 13.5 Å². The van der Waals surface area contributed by atoms with Gasteiger partial charge in [0.2, 0.25) is 5.82 Å². The zero-order valence-electron chi connectivity index (χ0n) is 13.9. The SMILES string of the molecule is Cc1cc(Cl)ccc1OCc1nc(-c2cccc(-c3ccn[nH]3)c2)no1. The minimum absolute atomic E-state index is 0.190. The second-order valence-corrected chi connectivity index (χ2v) is 6.20. The van der Waals surface area contributed by atoms with Crippen LogP contribution < -0.4 is 4.74 Å². The van der Waals surface area contributed by atoms with Crippen LogP contribution in [-0.4, -0.2) is 20.3 Å². The Morgan fingerprint density at radius 3 is 2.81 bits per heavy atom. The Bertz CT molecular complexity index is 1030. The van der Waals surface area contributed by atoms with Crippen LogP contribution in [0.4, 0.5) is 0 Å². The van der Waals surface area contributed by atoms with Gasteiger partial charge in [-0.1, -0.05) is 35.0 Å². The van der Waals surface area contributed by atoms with E-state index < -0.39 is 0 Å². The Morgan fingerprint density at radius 2 is 2.00 bits per heavy atom. The van der Waals surface area contributed by atoms with E-state index in [-0.39, 0.29) is 6.61 Å². The molecule has 0 fully saturated rings. The smallest absolute Gasteiger partial charge is 0.264 e. The van der Waals surface area contributed by atoms with E-state index in [4.69, 9.17) is 20.9 Å². The van der Waals surface area contributed by atoms with Crippen molar-refractivity contribution in [2.24, 2.45) is 0 Å². The molecule has 0 atom stereocenters. The van der Waals surface area contributed by atoms with Crippen LogP contribution in [0.25, 0.3) is 22.6 Å². The molecule has 0 radical (unpaired) electrons. The van der Waals surface area contributed by atoms with E-state index in [1.165, 1.54) is 0 Å². The van der Waals surface area contributed by atoms with E-state index in [0.29, 0.717) is 16.7 Å². The quantitative estimate of drug-likeness (QED) is 0.555. The van der Waals surface area contributed by atoms with Crippen molar-refractivity contribution in [2.75, 3.05) is 0 Å². The van der Waals surface area contributed by atoms with E-state index >= 15 is 0 Å². The number of aromatic nitrogens is 4. The molecule has 0 aliphatic carbocycles. The van der Waals surface area contributed by atoms with Crippen LogP contribution in [0, 0.1) is 6.92 Å². The molecule has 130 valence electrons. The number of benzene rings is 2. The second kappa shape index (κ2) is 7.01. The Hall–Kier alpha value is -3.12. The van der Waals surface area contributed by atoms with E-state index in [1.54, 1.807) is 12.3 Å². The largest absolute Gasteiger partial charge is 0.483 e. The summed E-state index contributed by atoms with van der Waals surface area (Å²) >= 11 is 5.95. The van der Waals surface area contributed by atoms with Crippen LogP contribution in [-0.2, 0) is 6.61 Å². The molecule has 2 aromatic heterocycles. The van der Waals surface area contributed by atoms with Crippen molar-refractivity contribution in [1.29, 1.82) is 0 Å². The highest BCUT2D eigenvalue weighted by atomic mass is 35.5. The summed E-state index contributed by atoms with van der Waals surface area (Å²) in [6, 6.07) is 15.2. The number of H-pyrrole nitrogens is 1. The van der Waals surface area contributed by atoms with Crippen molar-refractivity contribution in [1.82, 2.24) is 20.3 Å². The molecule has 0 unspecified atom stereocenters. The molecule has 0 bridgehead atoms. The third kappa shape index (κ3) is 3.45. The predicted molar refractivity (Wildman–Crippen MR) is 97.8 cm³/mol. The first-order valence-electron chi connectivity index (χ1n) is 8.01. The number of aryl methyl sites for hydroxylation is 1. The maximum absolute atomic E-state index is 5.95. The van der Waals surface area contributed by atoms with Crippen molar-refractivity contribution < 1.29 is 9.26 Å². The van der Waals surface area contributed by atoms with Crippen LogP contribution in [0.1, 0.15) is 11.5 Å². The lowest BCUT2D eigenvalue weighted by Crippen LogP contribution is -1.97.